The summed E-state index contributed by atoms with van der Waals surface area (Å²) in [6.07, 6.45) is 0. The van der Waals surface area contributed by atoms with E-state index in [9.17, 15) is 14.9 Å². The number of hydrogen-bond acceptors (Lipinski definition) is 7. The summed E-state index contributed by atoms with van der Waals surface area (Å²) in [5.41, 5.74) is 1.65. The number of para-hydroxylation sites is 2. The topological polar surface area (TPSA) is 97.2 Å². The number of amides is 1. The number of hydrogen-bond donors (Lipinski definition) is 1. The maximum absolute atomic E-state index is 12.7. The van der Waals surface area contributed by atoms with Gasteiger partial charge in [-0.15, -0.1) is 0 Å². The van der Waals surface area contributed by atoms with E-state index in [1.165, 1.54) is 6.07 Å². The fourth-order valence-corrected chi connectivity index (χ4v) is 3.73. The molecule has 31 heavy (non-hydrogen) atoms. The van der Waals surface area contributed by atoms with Gasteiger partial charge in [-0.1, -0.05) is 18.2 Å². The van der Waals surface area contributed by atoms with Gasteiger partial charge < -0.3 is 19.7 Å². The fraction of sp³-hybridized carbons (Fsp3) is 0.409. The molecule has 1 saturated heterocycles. The molecular weight excluding hydrogens is 400 g/mol. The first-order chi connectivity index (χ1) is 14.9. The second-order valence-corrected chi connectivity index (χ2v) is 7.35. The monoisotopic (exact) mass is 428 g/mol. The normalized spacial score (nSPS) is 15.3. The summed E-state index contributed by atoms with van der Waals surface area (Å²) in [4.78, 5) is 27.7. The van der Waals surface area contributed by atoms with Gasteiger partial charge in [-0.2, -0.15) is 0 Å². The van der Waals surface area contributed by atoms with E-state index >= 15 is 0 Å². The van der Waals surface area contributed by atoms with Crippen molar-refractivity contribution in [3.63, 3.8) is 0 Å². The molecule has 1 heterocycles. The maximum atomic E-state index is 12.7. The molecule has 0 saturated carbocycles. The van der Waals surface area contributed by atoms with Crippen LogP contribution < -0.4 is 19.7 Å². The lowest BCUT2D eigenvalue weighted by Gasteiger charge is -2.38. The summed E-state index contributed by atoms with van der Waals surface area (Å²) in [5.74, 6) is 1.20. The van der Waals surface area contributed by atoms with Gasteiger partial charge in [0.05, 0.1) is 25.2 Å². The molecular formula is C22H28N4O5. The Morgan fingerprint density at radius 2 is 1.77 bits per heavy atom. The minimum absolute atomic E-state index is 0.0612. The molecule has 3 rings (SSSR count). The third-order valence-electron chi connectivity index (χ3n) is 5.58. The number of anilines is 1. The molecule has 1 N–H and O–H groups in total. The Kier molecular flexibility index (Phi) is 7.30. The average molecular weight is 428 g/mol. The first-order valence-corrected chi connectivity index (χ1v) is 10.2. The van der Waals surface area contributed by atoms with Gasteiger partial charge in [-0.05, 0) is 30.7 Å². The van der Waals surface area contributed by atoms with E-state index in [-0.39, 0.29) is 22.6 Å². The predicted octanol–water partition coefficient (Wildman–Crippen LogP) is 2.44. The summed E-state index contributed by atoms with van der Waals surface area (Å²) in [7, 11) is 3.16. The van der Waals surface area contributed by atoms with E-state index < -0.39 is 0 Å². The molecule has 166 valence electrons. The quantitative estimate of drug-likeness (QED) is 0.509. The van der Waals surface area contributed by atoms with E-state index in [0.29, 0.717) is 49.9 Å². The Balaban J connectivity index is 1.54. The predicted molar refractivity (Wildman–Crippen MR) is 118 cm³/mol. The second-order valence-electron chi connectivity index (χ2n) is 7.35. The smallest absolute Gasteiger partial charge is 0.292 e. The first-order valence-electron chi connectivity index (χ1n) is 10.2. The van der Waals surface area contributed by atoms with Crippen LogP contribution in [0.3, 0.4) is 0 Å². The number of nitrogens with one attached hydrogen (secondary N) is 1. The van der Waals surface area contributed by atoms with Gasteiger partial charge >= 0.3 is 0 Å². The number of carbonyl (C=O) groups excluding carboxylic acids is 1. The van der Waals surface area contributed by atoms with Crippen LogP contribution in [0.1, 0.15) is 12.5 Å². The van der Waals surface area contributed by atoms with Crippen molar-refractivity contribution in [1.82, 2.24) is 10.2 Å². The van der Waals surface area contributed by atoms with Gasteiger partial charge in [0, 0.05) is 38.8 Å². The number of nitro benzene ring substituents is 1. The van der Waals surface area contributed by atoms with Crippen molar-refractivity contribution in [3.05, 3.63) is 58.1 Å². The minimum atomic E-state index is -0.355. The van der Waals surface area contributed by atoms with Crippen LogP contribution in [0.5, 0.6) is 11.5 Å². The van der Waals surface area contributed by atoms with Crippen LogP contribution in [0.2, 0.25) is 0 Å². The number of piperazine rings is 1. The van der Waals surface area contributed by atoms with Crippen LogP contribution in [0.25, 0.3) is 0 Å². The van der Waals surface area contributed by atoms with Crippen molar-refractivity contribution >= 4 is 17.3 Å². The molecule has 1 atom stereocenters. The molecule has 1 unspecified atom stereocenters. The summed E-state index contributed by atoms with van der Waals surface area (Å²) < 4.78 is 10.5. The molecule has 9 heteroatoms. The minimum Gasteiger partial charge on any atom is -0.493 e. The van der Waals surface area contributed by atoms with Gasteiger partial charge in [0.25, 0.3) is 5.69 Å². The van der Waals surface area contributed by atoms with Crippen molar-refractivity contribution in [2.75, 3.05) is 45.3 Å². The molecule has 1 aliphatic rings. The standard InChI is InChI=1S/C22H28N4O5/c1-16(22(27)23-15-17-8-9-20(30-2)21(14-17)31-3)24-10-12-25(13-11-24)18-6-4-5-7-19(18)26(28)29/h4-9,14,16H,10-13,15H2,1-3H3,(H,23,27). The van der Waals surface area contributed by atoms with Crippen molar-refractivity contribution in [3.8, 4) is 11.5 Å². The SMILES string of the molecule is COc1ccc(CNC(=O)C(C)N2CCN(c3ccccc3[N+](=O)[O-])CC2)cc1OC. The lowest BCUT2D eigenvalue weighted by molar-refractivity contribution is -0.384. The van der Waals surface area contributed by atoms with Gasteiger partial charge in [0.2, 0.25) is 5.91 Å². The number of benzene rings is 2. The molecule has 0 bridgehead atoms. The largest absolute Gasteiger partial charge is 0.493 e. The summed E-state index contributed by atoms with van der Waals surface area (Å²) in [6.45, 7) is 4.81. The van der Waals surface area contributed by atoms with Crippen molar-refractivity contribution in [2.24, 2.45) is 0 Å². The Hall–Kier alpha value is -3.33. The van der Waals surface area contributed by atoms with Crippen LogP contribution in [0, 0.1) is 10.1 Å². The maximum Gasteiger partial charge on any atom is 0.292 e. The van der Waals surface area contributed by atoms with E-state index in [4.69, 9.17) is 9.47 Å². The molecule has 0 aliphatic carbocycles. The Labute approximate surface area is 181 Å². The zero-order chi connectivity index (χ0) is 22.4. The number of rotatable bonds is 8. The van der Waals surface area contributed by atoms with Gasteiger partial charge in [0.1, 0.15) is 5.69 Å². The zero-order valence-electron chi connectivity index (χ0n) is 18.0. The first kappa shape index (κ1) is 22.4. The van der Waals surface area contributed by atoms with Crippen molar-refractivity contribution < 1.29 is 19.2 Å². The number of ether oxygens (including phenoxy) is 2. The number of carbonyl (C=O) groups is 1. The fourth-order valence-electron chi connectivity index (χ4n) is 3.73. The van der Waals surface area contributed by atoms with Crippen LogP contribution in [0.15, 0.2) is 42.5 Å². The van der Waals surface area contributed by atoms with Crippen LogP contribution in [-0.2, 0) is 11.3 Å². The highest BCUT2D eigenvalue weighted by Gasteiger charge is 2.28. The number of methoxy groups -OCH3 is 2. The highest BCUT2D eigenvalue weighted by molar-refractivity contribution is 5.81. The molecule has 1 fully saturated rings. The Bertz CT molecular complexity index is 928. The third-order valence-corrected chi connectivity index (χ3v) is 5.58. The lowest BCUT2D eigenvalue weighted by Crippen LogP contribution is -2.54. The number of nitrogens with zero attached hydrogens (tertiary/aromatic N) is 3. The Morgan fingerprint density at radius 1 is 1.10 bits per heavy atom. The average Bonchev–Trinajstić information content (AvgIpc) is 2.81. The van der Waals surface area contributed by atoms with Crippen LogP contribution in [0.4, 0.5) is 11.4 Å². The Morgan fingerprint density at radius 3 is 2.42 bits per heavy atom. The summed E-state index contributed by atoms with van der Waals surface area (Å²) >= 11 is 0. The second kappa shape index (κ2) is 10.1. The zero-order valence-corrected chi connectivity index (χ0v) is 18.0. The molecule has 0 spiro atoms. The molecule has 1 aliphatic heterocycles. The lowest BCUT2D eigenvalue weighted by atomic mass is 10.1. The van der Waals surface area contributed by atoms with Crippen LogP contribution >= 0.6 is 0 Å². The molecule has 9 nitrogen and oxygen atoms in total. The van der Waals surface area contributed by atoms with Crippen molar-refractivity contribution in [1.29, 1.82) is 0 Å². The van der Waals surface area contributed by atoms with Gasteiger partial charge in [-0.3, -0.25) is 19.8 Å². The molecule has 2 aromatic rings. The summed E-state index contributed by atoms with van der Waals surface area (Å²) in [5, 5.41) is 14.3. The number of nitro groups is 1. The summed E-state index contributed by atoms with van der Waals surface area (Å²) in [6, 6.07) is 12.0. The highest BCUT2D eigenvalue weighted by atomic mass is 16.6. The van der Waals surface area contributed by atoms with E-state index in [1.807, 2.05) is 30.0 Å². The van der Waals surface area contributed by atoms with Gasteiger partial charge in [-0.25, -0.2) is 0 Å². The third kappa shape index (κ3) is 5.24. The van der Waals surface area contributed by atoms with E-state index in [1.54, 1.807) is 32.4 Å². The van der Waals surface area contributed by atoms with Gasteiger partial charge in [0.15, 0.2) is 11.5 Å². The van der Waals surface area contributed by atoms with Crippen LogP contribution in [-0.4, -0.2) is 62.2 Å². The molecule has 2 aromatic carbocycles. The molecule has 0 radical (unpaired) electrons. The van der Waals surface area contributed by atoms with E-state index in [0.717, 1.165) is 5.56 Å². The molecule has 0 aromatic heterocycles. The molecule has 1 amide bonds. The van der Waals surface area contributed by atoms with Crippen molar-refractivity contribution in [2.45, 2.75) is 19.5 Å². The van der Waals surface area contributed by atoms with E-state index in [2.05, 4.69) is 10.2 Å². The highest BCUT2D eigenvalue weighted by Crippen LogP contribution is 2.29.